The van der Waals surface area contributed by atoms with E-state index in [9.17, 15) is 4.79 Å². The minimum atomic E-state index is -0.159. The van der Waals surface area contributed by atoms with Crippen LogP contribution in [0.5, 0.6) is 0 Å². The van der Waals surface area contributed by atoms with Crippen LogP contribution in [0.15, 0.2) is 33.8 Å². The van der Waals surface area contributed by atoms with E-state index in [2.05, 4.69) is 25.9 Å². The number of fused-ring (bicyclic) bond motifs is 1. The predicted molar refractivity (Wildman–Crippen MR) is 50.1 cm³/mol. The lowest BCUT2D eigenvalue weighted by atomic mass is 10.3. The summed E-state index contributed by atoms with van der Waals surface area (Å²) in [4.78, 5) is 17.7. The van der Waals surface area contributed by atoms with Crippen molar-refractivity contribution in [1.82, 2.24) is 9.97 Å². The molecule has 0 atom stereocenters. The molecule has 0 aliphatic carbocycles. The summed E-state index contributed by atoms with van der Waals surface area (Å²) in [5, 5.41) is 0.834. The number of nitrogens with zero attached hydrogens (tertiary/aromatic N) is 1. The molecule has 3 nitrogen and oxygen atoms in total. The molecule has 0 fully saturated rings. The van der Waals surface area contributed by atoms with E-state index in [1.54, 1.807) is 12.4 Å². The van der Waals surface area contributed by atoms with Crippen molar-refractivity contribution in [3.63, 3.8) is 0 Å². The molecule has 12 heavy (non-hydrogen) atoms. The van der Waals surface area contributed by atoms with E-state index in [1.165, 1.54) is 0 Å². The number of hydrogen-bond acceptors (Lipinski definition) is 2. The molecular weight excluding hydrogens is 220 g/mol. The highest BCUT2D eigenvalue weighted by Crippen LogP contribution is 2.18. The lowest BCUT2D eigenvalue weighted by molar-refractivity contribution is 1.23. The van der Waals surface area contributed by atoms with Crippen molar-refractivity contribution < 1.29 is 0 Å². The van der Waals surface area contributed by atoms with Gasteiger partial charge in [0.25, 0.3) is 5.56 Å². The van der Waals surface area contributed by atoms with Crippen molar-refractivity contribution in [2.45, 2.75) is 0 Å². The SMILES string of the molecule is O=c1[nH]ccc2c(Br)ccnc12. The Kier molecular flexibility index (Phi) is 1.69. The first-order valence-electron chi connectivity index (χ1n) is 3.41. The molecule has 0 saturated heterocycles. The third-order valence-electron chi connectivity index (χ3n) is 1.62. The van der Waals surface area contributed by atoms with Gasteiger partial charge in [0, 0.05) is 22.3 Å². The van der Waals surface area contributed by atoms with E-state index < -0.39 is 0 Å². The van der Waals surface area contributed by atoms with E-state index in [-0.39, 0.29) is 5.56 Å². The lowest BCUT2D eigenvalue weighted by Gasteiger charge is -1.96. The number of hydrogen-bond donors (Lipinski definition) is 1. The van der Waals surface area contributed by atoms with Crippen molar-refractivity contribution in [3.05, 3.63) is 39.4 Å². The molecule has 0 amide bonds. The van der Waals surface area contributed by atoms with E-state index >= 15 is 0 Å². The van der Waals surface area contributed by atoms with Crippen molar-refractivity contribution in [3.8, 4) is 0 Å². The average Bonchev–Trinajstić information content (AvgIpc) is 2.07. The Bertz CT molecular complexity index is 478. The molecule has 0 aromatic carbocycles. The van der Waals surface area contributed by atoms with Crippen molar-refractivity contribution in [2.24, 2.45) is 0 Å². The normalized spacial score (nSPS) is 10.4. The Morgan fingerprint density at radius 3 is 3.00 bits per heavy atom. The first-order chi connectivity index (χ1) is 5.79. The van der Waals surface area contributed by atoms with Crippen LogP contribution in [0.2, 0.25) is 0 Å². The minimum absolute atomic E-state index is 0.159. The Morgan fingerprint density at radius 2 is 2.25 bits per heavy atom. The van der Waals surface area contributed by atoms with Crippen LogP contribution in [-0.2, 0) is 0 Å². The molecular formula is C8H5BrN2O. The zero-order valence-electron chi connectivity index (χ0n) is 6.04. The molecule has 2 aromatic rings. The van der Waals surface area contributed by atoms with Gasteiger partial charge in [-0.05, 0) is 12.1 Å². The third-order valence-corrected chi connectivity index (χ3v) is 2.31. The molecule has 0 unspecified atom stereocenters. The zero-order valence-corrected chi connectivity index (χ0v) is 7.63. The number of rotatable bonds is 0. The standard InChI is InChI=1S/C8H5BrN2O/c9-6-2-4-10-7-5(6)1-3-11-8(7)12/h1-4H,(H,11,12). The molecule has 0 spiro atoms. The third kappa shape index (κ3) is 1.04. The molecule has 2 heterocycles. The monoisotopic (exact) mass is 224 g/mol. The molecule has 0 aliphatic rings. The van der Waals surface area contributed by atoms with Crippen LogP contribution in [0.4, 0.5) is 0 Å². The number of aromatic amines is 1. The van der Waals surface area contributed by atoms with Gasteiger partial charge >= 0.3 is 0 Å². The van der Waals surface area contributed by atoms with Crippen molar-refractivity contribution in [2.75, 3.05) is 0 Å². The summed E-state index contributed by atoms with van der Waals surface area (Å²) in [5.74, 6) is 0. The molecule has 0 aliphatic heterocycles. The summed E-state index contributed by atoms with van der Waals surface area (Å²) in [5.41, 5.74) is 0.306. The highest BCUT2D eigenvalue weighted by Gasteiger charge is 2.00. The van der Waals surface area contributed by atoms with Crippen LogP contribution < -0.4 is 5.56 Å². The van der Waals surface area contributed by atoms with Gasteiger partial charge in [-0.3, -0.25) is 9.78 Å². The van der Waals surface area contributed by atoms with Gasteiger partial charge in [0.1, 0.15) is 5.52 Å². The van der Waals surface area contributed by atoms with Gasteiger partial charge < -0.3 is 4.98 Å². The Morgan fingerprint density at radius 1 is 1.42 bits per heavy atom. The maximum absolute atomic E-state index is 11.2. The lowest BCUT2D eigenvalue weighted by Crippen LogP contribution is -2.05. The first kappa shape index (κ1) is 7.49. The average molecular weight is 225 g/mol. The maximum Gasteiger partial charge on any atom is 0.274 e. The van der Waals surface area contributed by atoms with Crippen LogP contribution in [-0.4, -0.2) is 9.97 Å². The second-order valence-electron chi connectivity index (χ2n) is 2.36. The molecule has 0 saturated carbocycles. The Balaban J connectivity index is 3.05. The van der Waals surface area contributed by atoms with E-state index in [4.69, 9.17) is 0 Å². The van der Waals surface area contributed by atoms with Gasteiger partial charge in [0.05, 0.1) is 0 Å². The second kappa shape index (κ2) is 2.71. The largest absolute Gasteiger partial charge is 0.327 e. The van der Waals surface area contributed by atoms with Crippen molar-refractivity contribution in [1.29, 1.82) is 0 Å². The molecule has 2 aromatic heterocycles. The van der Waals surface area contributed by atoms with E-state index in [1.807, 2.05) is 12.1 Å². The summed E-state index contributed by atoms with van der Waals surface area (Å²) in [6.45, 7) is 0. The first-order valence-corrected chi connectivity index (χ1v) is 4.20. The molecule has 0 radical (unpaired) electrons. The number of nitrogens with one attached hydrogen (secondary N) is 1. The molecule has 0 bridgehead atoms. The smallest absolute Gasteiger partial charge is 0.274 e. The zero-order chi connectivity index (χ0) is 8.55. The van der Waals surface area contributed by atoms with Crippen LogP contribution in [0, 0.1) is 0 Å². The molecule has 2 rings (SSSR count). The minimum Gasteiger partial charge on any atom is -0.327 e. The van der Waals surface area contributed by atoms with Crippen LogP contribution >= 0.6 is 15.9 Å². The summed E-state index contributed by atoms with van der Waals surface area (Å²) < 4.78 is 0.888. The van der Waals surface area contributed by atoms with Gasteiger partial charge in [-0.25, -0.2) is 0 Å². The number of halogens is 1. The molecule has 60 valence electrons. The number of aromatic nitrogens is 2. The highest BCUT2D eigenvalue weighted by atomic mass is 79.9. The number of pyridine rings is 2. The quantitative estimate of drug-likeness (QED) is 0.741. The topological polar surface area (TPSA) is 45.8 Å². The van der Waals surface area contributed by atoms with Crippen molar-refractivity contribution >= 4 is 26.8 Å². The second-order valence-corrected chi connectivity index (χ2v) is 3.22. The van der Waals surface area contributed by atoms with Crippen LogP contribution in [0.3, 0.4) is 0 Å². The fourth-order valence-electron chi connectivity index (χ4n) is 1.06. The summed E-state index contributed by atoms with van der Waals surface area (Å²) in [6.07, 6.45) is 3.21. The van der Waals surface area contributed by atoms with Gasteiger partial charge in [0.2, 0.25) is 0 Å². The molecule has 4 heteroatoms. The Hall–Kier alpha value is -1.16. The highest BCUT2D eigenvalue weighted by molar-refractivity contribution is 9.10. The summed E-state index contributed by atoms with van der Waals surface area (Å²) >= 11 is 3.34. The molecule has 1 N–H and O–H groups in total. The summed E-state index contributed by atoms with van der Waals surface area (Å²) in [7, 11) is 0. The predicted octanol–water partition coefficient (Wildman–Crippen LogP) is 1.69. The van der Waals surface area contributed by atoms with Crippen LogP contribution in [0.1, 0.15) is 0 Å². The van der Waals surface area contributed by atoms with E-state index in [0.29, 0.717) is 5.52 Å². The van der Waals surface area contributed by atoms with Gasteiger partial charge in [-0.1, -0.05) is 15.9 Å². The van der Waals surface area contributed by atoms with Gasteiger partial charge in [-0.2, -0.15) is 0 Å². The van der Waals surface area contributed by atoms with Gasteiger partial charge in [0.15, 0.2) is 0 Å². The Labute approximate surface area is 76.6 Å². The van der Waals surface area contributed by atoms with Crippen LogP contribution in [0.25, 0.3) is 10.9 Å². The number of H-pyrrole nitrogens is 1. The maximum atomic E-state index is 11.2. The van der Waals surface area contributed by atoms with Gasteiger partial charge in [-0.15, -0.1) is 0 Å². The fraction of sp³-hybridized carbons (Fsp3) is 0. The fourth-order valence-corrected chi connectivity index (χ4v) is 1.50. The van der Waals surface area contributed by atoms with E-state index in [0.717, 1.165) is 9.86 Å². The summed E-state index contributed by atoms with van der Waals surface area (Å²) in [6, 6.07) is 3.62.